The van der Waals surface area contributed by atoms with E-state index in [-0.39, 0.29) is 0 Å². The lowest BCUT2D eigenvalue weighted by atomic mass is 10.1. The summed E-state index contributed by atoms with van der Waals surface area (Å²) in [6.07, 6.45) is 2.56. The van der Waals surface area contributed by atoms with Crippen molar-refractivity contribution in [1.29, 1.82) is 5.41 Å². The summed E-state index contributed by atoms with van der Waals surface area (Å²) in [6.45, 7) is 5.52. The Bertz CT molecular complexity index is 388. The van der Waals surface area contributed by atoms with Crippen molar-refractivity contribution in [3.8, 4) is 0 Å². The predicted molar refractivity (Wildman–Crippen MR) is 76.2 cm³/mol. The van der Waals surface area contributed by atoms with Gasteiger partial charge in [-0.2, -0.15) is 0 Å². The van der Waals surface area contributed by atoms with Crippen LogP contribution >= 0.6 is 0 Å². The number of rotatable bonds is 4. The second-order valence-electron chi connectivity index (χ2n) is 5.02. The van der Waals surface area contributed by atoms with Crippen LogP contribution in [-0.2, 0) is 0 Å². The maximum atomic E-state index is 8.23. The van der Waals surface area contributed by atoms with Gasteiger partial charge in [0.25, 0.3) is 0 Å². The number of amidine groups is 1. The number of benzene rings is 1. The maximum Gasteiger partial charge on any atom is 0.127 e. The number of likely N-dealkylation sites (N-methyl/N-ethyl adjacent to an activating group) is 2. The van der Waals surface area contributed by atoms with E-state index < -0.39 is 0 Å². The van der Waals surface area contributed by atoms with Crippen LogP contribution in [0.2, 0.25) is 0 Å². The molecule has 1 aliphatic rings. The SMILES string of the molecule is CCN1CCCC1CN(C)C(=N)c1ccccc1. The molecule has 3 nitrogen and oxygen atoms in total. The molecule has 1 unspecified atom stereocenters. The van der Waals surface area contributed by atoms with Crippen LogP contribution in [0.15, 0.2) is 30.3 Å². The van der Waals surface area contributed by atoms with Crippen molar-refractivity contribution in [3.05, 3.63) is 35.9 Å². The molecule has 0 amide bonds. The minimum atomic E-state index is 0.615. The van der Waals surface area contributed by atoms with Gasteiger partial charge in [-0.3, -0.25) is 10.3 Å². The molecule has 1 aliphatic heterocycles. The third kappa shape index (κ3) is 2.91. The van der Waals surface area contributed by atoms with E-state index in [1.54, 1.807) is 0 Å². The zero-order chi connectivity index (χ0) is 13.0. The average Bonchev–Trinajstić information content (AvgIpc) is 2.86. The molecule has 1 atom stereocenters. The van der Waals surface area contributed by atoms with Gasteiger partial charge < -0.3 is 4.90 Å². The molecule has 0 aromatic heterocycles. The van der Waals surface area contributed by atoms with Crippen LogP contribution in [0.5, 0.6) is 0 Å². The fourth-order valence-corrected chi connectivity index (χ4v) is 2.74. The molecular weight excluding hydrogens is 222 g/mol. The van der Waals surface area contributed by atoms with E-state index in [9.17, 15) is 0 Å². The average molecular weight is 245 g/mol. The van der Waals surface area contributed by atoms with Crippen LogP contribution in [0, 0.1) is 5.41 Å². The minimum Gasteiger partial charge on any atom is -0.358 e. The molecule has 0 aliphatic carbocycles. The van der Waals surface area contributed by atoms with E-state index in [4.69, 9.17) is 5.41 Å². The standard InChI is InChI=1S/C15H23N3/c1-3-18-11-7-10-14(18)12-17(2)15(16)13-8-5-4-6-9-13/h4-6,8-9,14,16H,3,7,10-12H2,1-2H3. The van der Waals surface area contributed by atoms with Crippen LogP contribution in [-0.4, -0.2) is 48.4 Å². The molecule has 2 rings (SSSR count). The Morgan fingerprint density at radius 2 is 2.11 bits per heavy atom. The van der Waals surface area contributed by atoms with Gasteiger partial charge in [0.05, 0.1) is 0 Å². The van der Waals surface area contributed by atoms with Gasteiger partial charge in [-0.1, -0.05) is 37.3 Å². The van der Waals surface area contributed by atoms with Gasteiger partial charge in [-0.05, 0) is 25.9 Å². The smallest absolute Gasteiger partial charge is 0.127 e. The summed E-state index contributed by atoms with van der Waals surface area (Å²) in [7, 11) is 2.03. The zero-order valence-corrected chi connectivity index (χ0v) is 11.4. The first-order chi connectivity index (χ1) is 8.72. The molecule has 1 N–H and O–H groups in total. The van der Waals surface area contributed by atoms with Crippen LogP contribution in [0.3, 0.4) is 0 Å². The molecule has 0 radical (unpaired) electrons. The molecule has 1 heterocycles. The highest BCUT2D eigenvalue weighted by Crippen LogP contribution is 2.17. The fourth-order valence-electron chi connectivity index (χ4n) is 2.74. The highest BCUT2D eigenvalue weighted by Gasteiger charge is 2.24. The van der Waals surface area contributed by atoms with E-state index in [1.165, 1.54) is 19.4 Å². The highest BCUT2D eigenvalue weighted by atomic mass is 15.2. The lowest BCUT2D eigenvalue weighted by Gasteiger charge is -2.29. The molecule has 98 valence electrons. The van der Waals surface area contributed by atoms with E-state index in [1.807, 2.05) is 37.4 Å². The normalized spacial score (nSPS) is 20.0. The summed E-state index contributed by atoms with van der Waals surface area (Å²) in [4.78, 5) is 4.60. The molecule has 1 saturated heterocycles. The van der Waals surface area contributed by atoms with Crippen molar-refractivity contribution in [2.75, 3.05) is 26.7 Å². The Labute approximate surface area is 110 Å². The van der Waals surface area contributed by atoms with Gasteiger partial charge in [-0.15, -0.1) is 0 Å². The largest absolute Gasteiger partial charge is 0.358 e. The number of nitrogens with zero attached hydrogens (tertiary/aromatic N) is 2. The molecule has 1 aromatic carbocycles. The number of hydrogen-bond acceptors (Lipinski definition) is 2. The third-order valence-electron chi connectivity index (χ3n) is 3.82. The summed E-state index contributed by atoms with van der Waals surface area (Å²) in [5.41, 5.74) is 1.00. The van der Waals surface area contributed by atoms with Crippen molar-refractivity contribution in [1.82, 2.24) is 9.80 Å². The van der Waals surface area contributed by atoms with Crippen LogP contribution in [0.4, 0.5) is 0 Å². The second-order valence-corrected chi connectivity index (χ2v) is 5.02. The van der Waals surface area contributed by atoms with Gasteiger partial charge >= 0.3 is 0 Å². The van der Waals surface area contributed by atoms with Crippen molar-refractivity contribution in [2.24, 2.45) is 0 Å². The Kier molecular flexibility index (Phi) is 4.37. The summed E-state index contributed by atoms with van der Waals surface area (Å²) >= 11 is 0. The van der Waals surface area contributed by atoms with Crippen LogP contribution in [0.1, 0.15) is 25.3 Å². The molecule has 0 saturated carbocycles. The monoisotopic (exact) mass is 245 g/mol. The molecule has 1 fully saturated rings. The first-order valence-corrected chi connectivity index (χ1v) is 6.81. The Balaban J connectivity index is 1.95. The summed E-state index contributed by atoms with van der Waals surface area (Å²) in [5, 5.41) is 8.23. The molecule has 3 heteroatoms. The van der Waals surface area contributed by atoms with Crippen molar-refractivity contribution in [3.63, 3.8) is 0 Å². The van der Waals surface area contributed by atoms with E-state index in [0.717, 1.165) is 18.7 Å². The van der Waals surface area contributed by atoms with Crippen molar-refractivity contribution >= 4 is 5.84 Å². The first kappa shape index (κ1) is 13.1. The van der Waals surface area contributed by atoms with Gasteiger partial charge in [-0.25, -0.2) is 0 Å². The lowest BCUT2D eigenvalue weighted by Crippen LogP contribution is -2.41. The van der Waals surface area contributed by atoms with Crippen LogP contribution < -0.4 is 0 Å². The van der Waals surface area contributed by atoms with Gasteiger partial charge in [0.2, 0.25) is 0 Å². The molecule has 18 heavy (non-hydrogen) atoms. The summed E-state index contributed by atoms with van der Waals surface area (Å²) in [5.74, 6) is 0.624. The van der Waals surface area contributed by atoms with Gasteiger partial charge in [0, 0.05) is 25.2 Å². The lowest BCUT2D eigenvalue weighted by molar-refractivity contribution is 0.234. The Morgan fingerprint density at radius 3 is 2.78 bits per heavy atom. The summed E-state index contributed by atoms with van der Waals surface area (Å²) in [6, 6.07) is 10.6. The quantitative estimate of drug-likeness (QED) is 0.652. The Hall–Kier alpha value is -1.35. The van der Waals surface area contributed by atoms with E-state index in [0.29, 0.717) is 11.9 Å². The van der Waals surface area contributed by atoms with Crippen LogP contribution in [0.25, 0.3) is 0 Å². The van der Waals surface area contributed by atoms with Gasteiger partial charge in [0.1, 0.15) is 5.84 Å². The molecular formula is C15H23N3. The maximum absolute atomic E-state index is 8.23. The summed E-state index contributed by atoms with van der Waals surface area (Å²) < 4.78 is 0. The minimum absolute atomic E-state index is 0.615. The zero-order valence-electron chi connectivity index (χ0n) is 11.4. The van der Waals surface area contributed by atoms with Gasteiger partial charge in [0.15, 0.2) is 0 Å². The fraction of sp³-hybridized carbons (Fsp3) is 0.533. The first-order valence-electron chi connectivity index (χ1n) is 6.81. The predicted octanol–water partition coefficient (Wildman–Crippen LogP) is 2.43. The third-order valence-corrected chi connectivity index (χ3v) is 3.82. The van der Waals surface area contributed by atoms with E-state index >= 15 is 0 Å². The molecule has 0 spiro atoms. The number of likely N-dealkylation sites (tertiary alicyclic amines) is 1. The number of nitrogens with one attached hydrogen (secondary N) is 1. The van der Waals surface area contributed by atoms with Crippen molar-refractivity contribution in [2.45, 2.75) is 25.8 Å². The topological polar surface area (TPSA) is 30.3 Å². The second kappa shape index (κ2) is 6.01. The van der Waals surface area contributed by atoms with E-state index in [2.05, 4.69) is 16.7 Å². The Morgan fingerprint density at radius 1 is 1.39 bits per heavy atom. The highest BCUT2D eigenvalue weighted by molar-refractivity contribution is 5.96. The number of hydrogen-bond donors (Lipinski definition) is 1. The molecule has 1 aromatic rings. The molecule has 0 bridgehead atoms. The van der Waals surface area contributed by atoms with Crippen molar-refractivity contribution < 1.29 is 0 Å².